The molecule has 0 saturated carbocycles. The first-order valence-corrected chi connectivity index (χ1v) is 5.40. The minimum Gasteiger partial charge on any atom is -0.481 e. The van der Waals surface area contributed by atoms with Gasteiger partial charge in [-0.15, -0.1) is 0 Å². The highest BCUT2D eigenvalue weighted by Crippen LogP contribution is 2.20. The Morgan fingerprint density at radius 2 is 2.24 bits per heavy atom. The molecular weight excluding hydrogens is 218 g/mol. The number of nitriles is 1. The van der Waals surface area contributed by atoms with Crippen LogP contribution < -0.4 is 15.4 Å². The molecule has 0 atom stereocenters. The van der Waals surface area contributed by atoms with Gasteiger partial charge in [0.05, 0.1) is 19.6 Å². The summed E-state index contributed by atoms with van der Waals surface area (Å²) < 4.78 is 5.05. The van der Waals surface area contributed by atoms with Crippen LogP contribution in [0.5, 0.6) is 5.88 Å². The summed E-state index contributed by atoms with van der Waals surface area (Å²) in [5, 5.41) is 8.64. The molecule has 6 nitrogen and oxygen atoms in total. The number of hydrogen-bond donors (Lipinski definition) is 1. The number of methoxy groups -OCH3 is 1. The molecule has 1 rings (SSSR count). The Labute approximate surface area is 101 Å². The van der Waals surface area contributed by atoms with Crippen LogP contribution in [0.1, 0.15) is 20.3 Å². The van der Waals surface area contributed by atoms with Gasteiger partial charge in [0.1, 0.15) is 5.82 Å². The Hall–Kier alpha value is -2.03. The van der Waals surface area contributed by atoms with Gasteiger partial charge in [0, 0.05) is 18.7 Å². The van der Waals surface area contributed by atoms with Crippen molar-refractivity contribution >= 4 is 11.8 Å². The number of nitrogen functional groups attached to an aromatic ring is 1. The molecule has 0 unspecified atom stereocenters. The molecule has 0 saturated heterocycles. The molecule has 0 bridgehead atoms. The number of ether oxygens (including phenoxy) is 1. The minimum absolute atomic E-state index is 0.168. The van der Waals surface area contributed by atoms with Crippen LogP contribution in [0.15, 0.2) is 6.07 Å². The maximum atomic E-state index is 8.64. The Bertz CT molecular complexity index is 413. The van der Waals surface area contributed by atoms with Gasteiger partial charge in [-0.3, -0.25) is 0 Å². The van der Waals surface area contributed by atoms with Crippen molar-refractivity contribution in [1.29, 1.82) is 5.26 Å². The van der Waals surface area contributed by atoms with E-state index in [1.807, 2.05) is 18.7 Å². The molecule has 92 valence electrons. The molecule has 0 aliphatic heterocycles. The van der Waals surface area contributed by atoms with Crippen LogP contribution in [0.4, 0.5) is 11.8 Å². The lowest BCUT2D eigenvalue weighted by Gasteiger charge is -2.27. The highest BCUT2D eigenvalue weighted by molar-refractivity contribution is 5.46. The minimum atomic E-state index is 0.168. The summed E-state index contributed by atoms with van der Waals surface area (Å²) in [6.45, 7) is 4.66. The summed E-state index contributed by atoms with van der Waals surface area (Å²) in [4.78, 5) is 10.1. The first-order chi connectivity index (χ1) is 8.08. The third-order valence-electron chi connectivity index (χ3n) is 2.30. The molecule has 17 heavy (non-hydrogen) atoms. The average molecular weight is 235 g/mol. The normalized spacial score (nSPS) is 10.1. The van der Waals surface area contributed by atoms with E-state index < -0.39 is 0 Å². The fraction of sp³-hybridized carbons (Fsp3) is 0.545. The fourth-order valence-corrected chi connectivity index (χ4v) is 1.49. The molecule has 6 heteroatoms. The van der Waals surface area contributed by atoms with Gasteiger partial charge >= 0.3 is 0 Å². The Kier molecular flexibility index (Phi) is 4.52. The SMILES string of the molecule is COc1cc(N(CCC#N)C(C)C)nc(N)n1. The third kappa shape index (κ3) is 3.48. The smallest absolute Gasteiger partial charge is 0.225 e. The Balaban J connectivity index is 3.01. The van der Waals surface area contributed by atoms with Crippen molar-refractivity contribution in [3.8, 4) is 11.9 Å². The summed E-state index contributed by atoms with van der Waals surface area (Å²) in [5.74, 6) is 1.27. The van der Waals surface area contributed by atoms with Gasteiger partial charge in [-0.25, -0.2) is 0 Å². The quantitative estimate of drug-likeness (QED) is 0.824. The van der Waals surface area contributed by atoms with Crippen LogP contribution in [-0.2, 0) is 0 Å². The van der Waals surface area contributed by atoms with Crippen LogP contribution >= 0.6 is 0 Å². The molecular formula is C11H17N5O. The second-order valence-corrected chi connectivity index (χ2v) is 3.82. The number of aromatic nitrogens is 2. The van der Waals surface area contributed by atoms with Gasteiger partial charge < -0.3 is 15.4 Å². The van der Waals surface area contributed by atoms with Crippen LogP contribution in [0, 0.1) is 11.3 Å². The lowest BCUT2D eigenvalue weighted by atomic mass is 10.3. The summed E-state index contributed by atoms with van der Waals surface area (Å²) in [6, 6.07) is 4.06. The molecule has 0 radical (unpaired) electrons. The second kappa shape index (κ2) is 5.89. The van der Waals surface area contributed by atoms with E-state index in [2.05, 4.69) is 16.0 Å². The standard InChI is InChI=1S/C11H17N5O/c1-8(2)16(6-4-5-12)9-7-10(17-3)15-11(13)14-9/h7-8H,4,6H2,1-3H3,(H2,13,14,15). The Morgan fingerprint density at radius 3 is 2.76 bits per heavy atom. The molecule has 1 heterocycles. The highest BCUT2D eigenvalue weighted by atomic mass is 16.5. The van der Waals surface area contributed by atoms with E-state index in [-0.39, 0.29) is 12.0 Å². The van der Waals surface area contributed by atoms with Crippen LogP contribution in [0.25, 0.3) is 0 Å². The van der Waals surface area contributed by atoms with Gasteiger partial charge in [0.15, 0.2) is 0 Å². The van der Waals surface area contributed by atoms with Gasteiger partial charge in [-0.1, -0.05) is 0 Å². The number of hydrogen-bond acceptors (Lipinski definition) is 6. The third-order valence-corrected chi connectivity index (χ3v) is 2.30. The van der Waals surface area contributed by atoms with Crippen molar-refractivity contribution in [2.24, 2.45) is 0 Å². The average Bonchev–Trinajstić information content (AvgIpc) is 2.28. The number of nitrogens with zero attached hydrogens (tertiary/aromatic N) is 4. The van der Waals surface area contributed by atoms with Crippen molar-refractivity contribution < 1.29 is 4.74 Å². The van der Waals surface area contributed by atoms with Crippen LogP contribution in [0.2, 0.25) is 0 Å². The molecule has 0 amide bonds. The summed E-state index contributed by atoms with van der Waals surface area (Å²) >= 11 is 0. The molecule has 1 aromatic heterocycles. The second-order valence-electron chi connectivity index (χ2n) is 3.82. The molecule has 0 aliphatic rings. The lowest BCUT2D eigenvalue weighted by Crippen LogP contribution is -2.32. The predicted octanol–water partition coefficient (Wildman–Crippen LogP) is 1.20. The molecule has 0 aromatic carbocycles. The molecule has 0 aliphatic carbocycles. The first-order valence-electron chi connectivity index (χ1n) is 5.40. The first kappa shape index (κ1) is 13.0. The number of anilines is 2. The van der Waals surface area contributed by atoms with E-state index >= 15 is 0 Å². The maximum absolute atomic E-state index is 8.64. The van der Waals surface area contributed by atoms with Crippen molar-refractivity contribution in [3.63, 3.8) is 0 Å². The molecule has 1 aromatic rings. The van der Waals surface area contributed by atoms with E-state index in [1.54, 1.807) is 6.07 Å². The summed E-state index contributed by atoms with van der Waals surface area (Å²) in [6.07, 6.45) is 0.435. The van der Waals surface area contributed by atoms with E-state index in [4.69, 9.17) is 15.7 Å². The Morgan fingerprint density at radius 1 is 1.53 bits per heavy atom. The molecule has 0 spiro atoms. The summed E-state index contributed by atoms with van der Waals surface area (Å²) in [5.41, 5.74) is 5.61. The van der Waals surface area contributed by atoms with Gasteiger partial charge in [-0.2, -0.15) is 15.2 Å². The zero-order chi connectivity index (χ0) is 12.8. The van der Waals surface area contributed by atoms with Crippen LogP contribution in [0.3, 0.4) is 0 Å². The largest absolute Gasteiger partial charge is 0.481 e. The van der Waals surface area contributed by atoms with Gasteiger partial charge in [0.2, 0.25) is 11.8 Å². The van der Waals surface area contributed by atoms with E-state index in [0.717, 1.165) is 0 Å². The van der Waals surface area contributed by atoms with Crippen LogP contribution in [-0.4, -0.2) is 29.7 Å². The van der Waals surface area contributed by atoms with E-state index in [9.17, 15) is 0 Å². The summed E-state index contributed by atoms with van der Waals surface area (Å²) in [7, 11) is 1.53. The topological polar surface area (TPSA) is 88.1 Å². The zero-order valence-corrected chi connectivity index (χ0v) is 10.3. The monoisotopic (exact) mass is 235 g/mol. The predicted molar refractivity (Wildman–Crippen MR) is 65.7 cm³/mol. The maximum Gasteiger partial charge on any atom is 0.225 e. The number of rotatable bonds is 5. The van der Waals surface area contributed by atoms with Crippen molar-refractivity contribution in [1.82, 2.24) is 9.97 Å². The lowest BCUT2D eigenvalue weighted by molar-refractivity contribution is 0.397. The molecule has 0 fully saturated rings. The molecule has 2 N–H and O–H groups in total. The van der Waals surface area contributed by atoms with Gasteiger partial charge in [0.25, 0.3) is 0 Å². The fourth-order valence-electron chi connectivity index (χ4n) is 1.49. The zero-order valence-electron chi connectivity index (χ0n) is 10.3. The highest BCUT2D eigenvalue weighted by Gasteiger charge is 2.14. The van der Waals surface area contributed by atoms with Crippen molar-refractivity contribution in [2.75, 3.05) is 24.3 Å². The van der Waals surface area contributed by atoms with E-state index in [0.29, 0.717) is 24.7 Å². The van der Waals surface area contributed by atoms with E-state index in [1.165, 1.54) is 7.11 Å². The number of nitrogens with two attached hydrogens (primary N) is 1. The van der Waals surface area contributed by atoms with Gasteiger partial charge in [-0.05, 0) is 13.8 Å². The van der Waals surface area contributed by atoms with Crippen molar-refractivity contribution in [3.05, 3.63) is 6.07 Å². The van der Waals surface area contributed by atoms with Crippen molar-refractivity contribution in [2.45, 2.75) is 26.3 Å².